The quantitative estimate of drug-likeness (QED) is 0.719. The minimum absolute atomic E-state index is 0.0355. The molecule has 0 bridgehead atoms. The number of carbonyl (C=O) groups is 1. The second kappa shape index (κ2) is 7.63. The molecule has 7 nitrogen and oxygen atoms in total. The van der Waals surface area contributed by atoms with Crippen LogP contribution >= 0.6 is 0 Å². The van der Waals surface area contributed by atoms with Crippen LogP contribution in [0.2, 0.25) is 0 Å². The van der Waals surface area contributed by atoms with Gasteiger partial charge in [-0.3, -0.25) is 9.48 Å². The molecule has 1 aliphatic rings. The lowest BCUT2D eigenvalue weighted by Gasteiger charge is -2.23. The number of imidazole rings is 1. The molecule has 0 saturated carbocycles. The number of fused-ring (bicyclic) bond motifs is 1. The zero-order valence-corrected chi connectivity index (χ0v) is 17.9. The molecular formula is C22H30N6O. The van der Waals surface area contributed by atoms with E-state index in [1.54, 1.807) is 0 Å². The van der Waals surface area contributed by atoms with Crippen molar-refractivity contribution in [2.45, 2.75) is 45.2 Å². The van der Waals surface area contributed by atoms with E-state index >= 15 is 0 Å². The average molecular weight is 395 g/mol. The number of benzene rings is 1. The molecule has 1 unspecified atom stereocenters. The Morgan fingerprint density at radius 3 is 2.83 bits per heavy atom. The lowest BCUT2D eigenvalue weighted by molar-refractivity contribution is 0.0732. The molecule has 1 saturated heterocycles. The number of hydrogen-bond donors (Lipinski definition) is 1. The van der Waals surface area contributed by atoms with Crippen molar-refractivity contribution in [3.63, 3.8) is 0 Å². The van der Waals surface area contributed by atoms with Gasteiger partial charge in [0.1, 0.15) is 5.82 Å². The van der Waals surface area contributed by atoms with Crippen LogP contribution in [0.5, 0.6) is 0 Å². The van der Waals surface area contributed by atoms with Gasteiger partial charge in [0.25, 0.3) is 5.91 Å². The number of likely N-dealkylation sites (tertiary alicyclic amines) is 1. The molecule has 0 spiro atoms. The smallest absolute Gasteiger partial charge is 0.254 e. The zero-order valence-electron chi connectivity index (χ0n) is 17.9. The number of rotatable bonds is 5. The standard InChI is InChI=1S/C22H30N6O/c1-14(2)21-23-17-9-8-15(11-18(17)24-21)22(29)28-10-6-7-20(28)19-12-16(13-26(3)4)27(5)25-19/h8-9,11-12,14,20H,6-7,10,13H2,1-5H3,(H,23,24). The van der Waals surface area contributed by atoms with Gasteiger partial charge in [0.05, 0.1) is 28.5 Å². The molecular weight excluding hydrogens is 364 g/mol. The summed E-state index contributed by atoms with van der Waals surface area (Å²) in [6, 6.07) is 7.94. The molecule has 1 aliphatic heterocycles. The van der Waals surface area contributed by atoms with Crippen molar-refractivity contribution >= 4 is 16.9 Å². The van der Waals surface area contributed by atoms with Crippen molar-refractivity contribution < 1.29 is 4.79 Å². The number of aromatic nitrogens is 4. The first-order valence-electron chi connectivity index (χ1n) is 10.3. The Balaban J connectivity index is 1.60. The summed E-state index contributed by atoms with van der Waals surface area (Å²) in [5.74, 6) is 1.34. The summed E-state index contributed by atoms with van der Waals surface area (Å²) in [4.78, 5) is 25.4. The van der Waals surface area contributed by atoms with Gasteiger partial charge >= 0.3 is 0 Å². The van der Waals surface area contributed by atoms with Crippen LogP contribution in [0.25, 0.3) is 11.0 Å². The first kappa shape index (κ1) is 19.6. The molecule has 1 atom stereocenters. The van der Waals surface area contributed by atoms with Gasteiger partial charge in [-0.1, -0.05) is 13.8 Å². The normalized spacial score (nSPS) is 17.2. The molecule has 0 aliphatic carbocycles. The van der Waals surface area contributed by atoms with E-state index < -0.39 is 0 Å². The number of nitrogens with zero attached hydrogens (tertiary/aromatic N) is 5. The van der Waals surface area contributed by atoms with Crippen molar-refractivity contribution in [3.8, 4) is 0 Å². The van der Waals surface area contributed by atoms with Gasteiger partial charge in [0.2, 0.25) is 0 Å². The van der Waals surface area contributed by atoms with Gasteiger partial charge in [-0.25, -0.2) is 4.98 Å². The molecule has 2 aromatic heterocycles. The minimum Gasteiger partial charge on any atom is -0.342 e. The van der Waals surface area contributed by atoms with Crippen LogP contribution < -0.4 is 0 Å². The molecule has 3 aromatic rings. The van der Waals surface area contributed by atoms with E-state index in [0.717, 1.165) is 54.2 Å². The maximum absolute atomic E-state index is 13.3. The summed E-state index contributed by atoms with van der Waals surface area (Å²) < 4.78 is 1.93. The van der Waals surface area contributed by atoms with Crippen molar-refractivity contribution in [1.82, 2.24) is 29.5 Å². The number of carbonyl (C=O) groups excluding carboxylic acids is 1. The highest BCUT2D eigenvalue weighted by Crippen LogP contribution is 2.33. The predicted molar refractivity (Wildman–Crippen MR) is 114 cm³/mol. The van der Waals surface area contributed by atoms with E-state index in [-0.39, 0.29) is 11.9 Å². The lowest BCUT2D eigenvalue weighted by Crippen LogP contribution is -2.30. The predicted octanol–water partition coefficient (Wildman–Crippen LogP) is 3.46. The van der Waals surface area contributed by atoms with E-state index in [0.29, 0.717) is 11.5 Å². The number of nitrogens with one attached hydrogen (secondary N) is 1. The summed E-state index contributed by atoms with van der Waals surface area (Å²) in [6.07, 6.45) is 1.95. The molecule has 1 N–H and O–H groups in total. The largest absolute Gasteiger partial charge is 0.342 e. The molecule has 3 heterocycles. The summed E-state index contributed by atoms with van der Waals surface area (Å²) >= 11 is 0. The Bertz CT molecular complexity index is 1030. The van der Waals surface area contributed by atoms with Crippen LogP contribution in [0.3, 0.4) is 0 Å². The zero-order chi connectivity index (χ0) is 20.7. The average Bonchev–Trinajstić information content (AvgIpc) is 3.38. The van der Waals surface area contributed by atoms with Crippen molar-refractivity contribution in [1.29, 1.82) is 0 Å². The van der Waals surface area contributed by atoms with Gasteiger partial charge in [0, 0.05) is 31.6 Å². The second-order valence-electron chi connectivity index (χ2n) is 8.59. The fourth-order valence-electron chi connectivity index (χ4n) is 4.08. The molecule has 1 amide bonds. The van der Waals surface area contributed by atoms with E-state index in [4.69, 9.17) is 5.10 Å². The first-order valence-corrected chi connectivity index (χ1v) is 10.3. The Kier molecular flexibility index (Phi) is 5.17. The van der Waals surface area contributed by atoms with E-state index in [1.165, 1.54) is 0 Å². The third-order valence-corrected chi connectivity index (χ3v) is 5.62. The fraction of sp³-hybridized carbons (Fsp3) is 0.500. The monoisotopic (exact) mass is 394 g/mol. The number of aromatic amines is 1. The summed E-state index contributed by atoms with van der Waals surface area (Å²) in [5.41, 5.74) is 4.67. The molecule has 0 radical (unpaired) electrons. The summed E-state index contributed by atoms with van der Waals surface area (Å²) in [6.45, 7) is 5.81. The SMILES string of the molecule is CC(C)c1nc2ccc(C(=O)N3CCCC3c3cc(CN(C)C)n(C)n3)cc2[nH]1. The fourth-order valence-corrected chi connectivity index (χ4v) is 4.08. The minimum atomic E-state index is 0.0355. The van der Waals surface area contributed by atoms with Crippen LogP contribution in [-0.4, -0.2) is 56.1 Å². The molecule has 154 valence electrons. The Labute approximate surface area is 171 Å². The number of hydrogen-bond acceptors (Lipinski definition) is 4. The van der Waals surface area contributed by atoms with Crippen molar-refractivity contribution in [3.05, 3.63) is 47.0 Å². The molecule has 29 heavy (non-hydrogen) atoms. The van der Waals surface area contributed by atoms with Crippen LogP contribution in [0.4, 0.5) is 0 Å². The van der Waals surface area contributed by atoms with Crippen LogP contribution in [0, 0.1) is 0 Å². The van der Waals surface area contributed by atoms with Crippen molar-refractivity contribution in [2.75, 3.05) is 20.6 Å². The highest BCUT2D eigenvalue weighted by Gasteiger charge is 2.32. The second-order valence-corrected chi connectivity index (χ2v) is 8.59. The first-order chi connectivity index (χ1) is 13.8. The third-order valence-electron chi connectivity index (χ3n) is 5.62. The van der Waals surface area contributed by atoms with Crippen molar-refractivity contribution in [2.24, 2.45) is 7.05 Å². The summed E-state index contributed by atoms with van der Waals surface area (Å²) in [5, 5.41) is 4.72. The lowest BCUT2D eigenvalue weighted by atomic mass is 10.1. The number of amides is 1. The van der Waals surface area contributed by atoms with Gasteiger partial charge in [-0.15, -0.1) is 0 Å². The van der Waals surface area contributed by atoms with E-state index in [2.05, 4.69) is 34.8 Å². The van der Waals surface area contributed by atoms with Crippen LogP contribution in [0.15, 0.2) is 24.3 Å². The molecule has 7 heteroatoms. The molecule has 1 aromatic carbocycles. The highest BCUT2D eigenvalue weighted by atomic mass is 16.2. The maximum Gasteiger partial charge on any atom is 0.254 e. The Morgan fingerprint density at radius 1 is 1.31 bits per heavy atom. The van der Waals surface area contributed by atoms with Crippen LogP contribution in [0.1, 0.15) is 66.2 Å². The van der Waals surface area contributed by atoms with Gasteiger partial charge in [0.15, 0.2) is 0 Å². The summed E-state index contributed by atoms with van der Waals surface area (Å²) in [7, 11) is 6.07. The molecule has 1 fully saturated rings. The van der Waals surface area contributed by atoms with E-state index in [9.17, 15) is 4.79 Å². The van der Waals surface area contributed by atoms with Crippen LogP contribution in [-0.2, 0) is 13.6 Å². The van der Waals surface area contributed by atoms with Gasteiger partial charge in [-0.05, 0) is 51.2 Å². The highest BCUT2D eigenvalue weighted by molar-refractivity contribution is 5.97. The number of aryl methyl sites for hydroxylation is 1. The van der Waals surface area contributed by atoms with Gasteiger partial charge in [-0.2, -0.15) is 5.10 Å². The third kappa shape index (κ3) is 3.79. The Hall–Kier alpha value is -2.67. The Morgan fingerprint density at radius 2 is 2.10 bits per heavy atom. The maximum atomic E-state index is 13.3. The topological polar surface area (TPSA) is 70.1 Å². The number of H-pyrrole nitrogens is 1. The molecule has 4 rings (SSSR count). The van der Waals surface area contributed by atoms with E-state index in [1.807, 2.05) is 48.9 Å². The van der Waals surface area contributed by atoms with Gasteiger partial charge < -0.3 is 14.8 Å².